The van der Waals surface area contributed by atoms with Crippen molar-refractivity contribution in [2.24, 2.45) is 10.2 Å². The summed E-state index contributed by atoms with van der Waals surface area (Å²) in [4.78, 5) is 8.74. The number of non-ortho nitro benzene ring substituents is 1. The van der Waals surface area contributed by atoms with Crippen LogP contribution in [0.5, 0.6) is 5.75 Å². The van der Waals surface area contributed by atoms with Gasteiger partial charge in [-0.25, -0.2) is 0 Å². The van der Waals surface area contributed by atoms with Gasteiger partial charge in [-0.2, -0.15) is 21.9 Å². The van der Waals surface area contributed by atoms with Crippen LogP contribution in [0.1, 0.15) is 0 Å². The number of azo groups is 1. The molecule has 6 N–H and O–H groups in total. The van der Waals surface area contributed by atoms with Gasteiger partial charge in [-0.05, 0) is 60.0 Å². The number of nitrogen functional groups attached to an aromatic ring is 1. The molecule has 4 aromatic carbocycles. The fourth-order valence-electron chi connectivity index (χ4n) is 3.48. The zero-order valence-corrected chi connectivity index (χ0v) is 23.5. The van der Waals surface area contributed by atoms with Gasteiger partial charge in [0.05, 0.1) is 16.3 Å². The van der Waals surface area contributed by atoms with Crippen molar-refractivity contribution >= 4 is 65.1 Å². The van der Waals surface area contributed by atoms with Crippen molar-refractivity contribution in [3.05, 3.63) is 76.8 Å². The molecular formula is C22H17N5NaO9S2+. The molecule has 14 nitrogen and oxygen atoms in total. The van der Waals surface area contributed by atoms with Gasteiger partial charge < -0.3 is 16.2 Å². The van der Waals surface area contributed by atoms with E-state index in [1.807, 2.05) is 0 Å². The van der Waals surface area contributed by atoms with Gasteiger partial charge >= 0.3 is 29.6 Å². The first kappa shape index (κ1) is 29.9. The molecule has 39 heavy (non-hydrogen) atoms. The number of phenols is 1. The second-order valence-corrected chi connectivity index (χ2v) is 10.6. The zero-order valence-electron chi connectivity index (χ0n) is 19.9. The summed E-state index contributed by atoms with van der Waals surface area (Å²) in [6, 6.07) is 14.0. The van der Waals surface area contributed by atoms with E-state index in [2.05, 4.69) is 15.5 Å². The third-order valence-electron chi connectivity index (χ3n) is 5.22. The first-order chi connectivity index (χ1) is 17.7. The molecule has 0 aliphatic carbocycles. The minimum Gasteiger partial charge on any atom is -0.505 e. The average molecular weight is 583 g/mol. The Balaban J connectivity index is 0.00000420. The van der Waals surface area contributed by atoms with Crippen LogP contribution in [-0.2, 0) is 20.2 Å². The van der Waals surface area contributed by atoms with Gasteiger partial charge in [-0.3, -0.25) is 19.2 Å². The summed E-state index contributed by atoms with van der Waals surface area (Å²) in [7, 11) is -9.60. The van der Waals surface area contributed by atoms with Crippen molar-refractivity contribution in [2.75, 3.05) is 11.1 Å². The van der Waals surface area contributed by atoms with Crippen LogP contribution in [0.3, 0.4) is 0 Å². The molecule has 17 heteroatoms. The molecule has 0 fully saturated rings. The summed E-state index contributed by atoms with van der Waals surface area (Å²) in [5.41, 5.74) is 5.31. The summed E-state index contributed by atoms with van der Waals surface area (Å²) < 4.78 is 66.3. The van der Waals surface area contributed by atoms with E-state index in [9.17, 15) is 41.2 Å². The maximum atomic E-state index is 11.9. The van der Waals surface area contributed by atoms with Crippen LogP contribution in [-0.4, -0.2) is 36.0 Å². The number of nitrogens with one attached hydrogen (secondary N) is 1. The Hall–Kier alpha value is -3.64. The zero-order chi connectivity index (χ0) is 27.8. The molecule has 0 amide bonds. The third-order valence-corrected chi connectivity index (χ3v) is 6.98. The SMILES string of the molecule is Nc1ccc2c(O)c(N=Nc3ccc(Nc4ccc([N+](=O)[O-])cc4S(=O)(=O)O)cc3)c(S(=O)(=O)O)cc2c1.[Na+]. The molecule has 0 saturated heterocycles. The number of hydrogen-bond donors (Lipinski definition) is 5. The monoisotopic (exact) mass is 582 g/mol. The van der Waals surface area contributed by atoms with E-state index in [4.69, 9.17) is 5.73 Å². The van der Waals surface area contributed by atoms with Gasteiger partial charge in [0, 0.05) is 28.9 Å². The minimum atomic E-state index is -4.81. The van der Waals surface area contributed by atoms with Crippen LogP contribution in [0.4, 0.5) is 34.1 Å². The van der Waals surface area contributed by atoms with Crippen LogP contribution in [0.15, 0.2) is 86.7 Å². The van der Waals surface area contributed by atoms with Crippen LogP contribution in [0, 0.1) is 10.1 Å². The smallest absolute Gasteiger partial charge is 0.505 e. The van der Waals surface area contributed by atoms with Crippen molar-refractivity contribution in [3.8, 4) is 5.75 Å². The number of nitrogens with zero attached hydrogens (tertiary/aromatic N) is 3. The molecule has 0 saturated carbocycles. The van der Waals surface area contributed by atoms with Crippen molar-refractivity contribution in [1.82, 2.24) is 0 Å². The number of anilines is 3. The molecule has 0 bridgehead atoms. The van der Waals surface area contributed by atoms with Crippen LogP contribution >= 0.6 is 0 Å². The number of nitro benzene ring substituents is 1. The standard InChI is InChI=1S/C22H17N5O9S2.Na/c23-13-1-7-17-12(9-13)10-20(38(34,35)36)21(22(17)28)26-25-15-4-2-14(3-5-15)24-18-8-6-16(27(29)30)11-19(18)37(31,32)33;/h1-11,24,28H,23H2,(H,31,32,33)(H,34,35,36);/q;+1. The Bertz CT molecular complexity index is 1850. The van der Waals surface area contributed by atoms with E-state index in [0.717, 1.165) is 18.2 Å². The van der Waals surface area contributed by atoms with Gasteiger partial charge in [0.2, 0.25) is 0 Å². The molecular weight excluding hydrogens is 565 g/mol. The second-order valence-electron chi connectivity index (χ2n) is 7.81. The number of nitrogens with two attached hydrogens (primary N) is 1. The van der Waals surface area contributed by atoms with Crippen molar-refractivity contribution < 1.29 is 65.5 Å². The Morgan fingerprint density at radius 2 is 1.49 bits per heavy atom. The number of aromatic hydroxyl groups is 1. The fourth-order valence-corrected chi connectivity index (χ4v) is 4.80. The van der Waals surface area contributed by atoms with E-state index >= 15 is 0 Å². The molecule has 0 unspecified atom stereocenters. The summed E-state index contributed by atoms with van der Waals surface area (Å²) in [5.74, 6) is -0.548. The van der Waals surface area contributed by atoms with Crippen molar-refractivity contribution in [2.45, 2.75) is 9.79 Å². The maximum absolute atomic E-state index is 11.9. The molecule has 4 rings (SSSR count). The number of phenolic OH excluding ortho intramolecular Hbond substituents is 1. The van der Waals surface area contributed by atoms with Gasteiger partial charge in [0.25, 0.3) is 25.9 Å². The molecule has 4 aromatic rings. The molecule has 196 valence electrons. The molecule has 0 spiro atoms. The second kappa shape index (κ2) is 11.2. The van der Waals surface area contributed by atoms with Crippen LogP contribution in [0.2, 0.25) is 0 Å². The molecule has 0 atom stereocenters. The molecule has 0 aromatic heterocycles. The number of nitro groups is 1. The minimum absolute atomic E-state index is 0. The largest absolute Gasteiger partial charge is 1.00 e. The van der Waals surface area contributed by atoms with E-state index in [1.54, 1.807) is 0 Å². The topological polar surface area (TPSA) is 235 Å². The Labute approximate surface area is 243 Å². The number of fused-ring (bicyclic) bond motifs is 1. The summed E-state index contributed by atoms with van der Waals surface area (Å²) in [6.07, 6.45) is 0. The van der Waals surface area contributed by atoms with E-state index in [0.29, 0.717) is 17.4 Å². The normalized spacial score (nSPS) is 11.8. The first-order valence-corrected chi connectivity index (χ1v) is 13.2. The van der Waals surface area contributed by atoms with Crippen molar-refractivity contribution in [1.29, 1.82) is 0 Å². The maximum Gasteiger partial charge on any atom is 1.00 e. The van der Waals surface area contributed by atoms with E-state index in [-0.39, 0.29) is 51.7 Å². The van der Waals surface area contributed by atoms with Gasteiger partial charge in [-0.1, -0.05) is 0 Å². The van der Waals surface area contributed by atoms with Crippen molar-refractivity contribution in [3.63, 3.8) is 0 Å². The fraction of sp³-hybridized carbons (Fsp3) is 0. The summed E-state index contributed by atoms with van der Waals surface area (Å²) in [6.45, 7) is 0. The number of hydrogen-bond acceptors (Lipinski definition) is 11. The average Bonchev–Trinajstić information content (AvgIpc) is 2.83. The Kier molecular flexibility index (Phi) is 8.61. The molecule has 0 aliphatic heterocycles. The third kappa shape index (κ3) is 6.69. The predicted octanol–water partition coefficient (Wildman–Crippen LogP) is 1.69. The van der Waals surface area contributed by atoms with Crippen LogP contribution in [0.25, 0.3) is 10.8 Å². The van der Waals surface area contributed by atoms with Gasteiger partial charge in [-0.15, -0.1) is 5.11 Å². The number of rotatable bonds is 7. The quantitative estimate of drug-likeness (QED) is 0.0525. The molecule has 0 aliphatic rings. The van der Waals surface area contributed by atoms with E-state index < -0.39 is 52.1 Å². The number of benzene rings is 4. The van der Waals surface area contributed by atoms with Crippen LogP contribution < -0.4 is 40.6 Å². The Morgan fingerprint density at radius 1 is 0.846 bits per heavy atom. The van der Waals surface area contributed by atoms with Gasteiger partial charge in [0.1, 0.15) is 15.5 Å². The first-order valence-electron chi connectivity index (χ1n) is 10.3. The summed E-state index contributed by atoms with van der Waals surface area (Å²) in [5, 5.41) is 32.5. The summed E-state index contributed by atoms with van der Waals surface area (Å²) >= 11 is 0. The predicted molar refractivity (Wildman–Crippen MR) is 137 cm³/mol. The molecule has 0 heterocycles. The Morgan fingerprint density at radius 3 is 2.08 bits per heavy atom. The molecule has 0 radical (unpaired) electrons. The van der Waals surface area contributed by atoms with Gasteiger partial charge in [0.15, 0.2) is 5.75 Å². The van der Waals surface area contributed by atoms with E-state index in [1.165, 1.54) is 42.5 Å².